The van der Waals surface area contributed by atoms with Gasteiger partial charge in [-0.15, -0.1) is 34.5 Å². The summed E-state index contributed by atoms with van der Waals surface area (Å²) in [6.45, 7) is 7.30. The van der Waals surface area contributed by atoms with Crippen LogP contribution >= 0.6 is 59.8 Å². The third kappa shape index (κ3) is 11.5. The van der Waals surface area contributed by atoms with Crippen molar-refractivity contribution in [2.75, 3.05) is 24.2 Å². The van der Waals surface area contributed by atoms with E-state index in [1.165, 1.54) is 155 Å². The van der Waals surface area contributed by atoms with Crippen LogP contribution in [0.5, 0.6) is 0 Å². The summed E-state index contributed by atoms with van der Waals surface area (Å²) in [5.74, 6) is 1.96. The van der Waals surface area contributed by atoms with Gasteiger partial charge in [0.15, 0.2) is 0 Å². The average Bonchev–Trinajstić information content (AvgIpc) is 3.64. The smallest absolute Gasteiger partial charge is 0.0215 e. The number of nitrogens with two attached hydrogens (primary N) is 1. The Bertz CT molecular complexity index is 1900. The molecule has 3 aliphatic rings. The van der Waals surface area contributed by atoms with Gasteiger partial charge in [0.25, 0.3) is 0 Å². The fourth-order valence-corrected chi connectivity index (χ4v) is 12.1. The number of allylic oxidation sites excluding steroid dienone is 3. The van der Waals surface area contributed by atoms with E-state index in [1.807, 2.05) is 13.8 Å². The van der Waals surface area contributed by atoms with Crippen LogP contribution in [0, 0.1) is 0 Å². The molecule has 0 saturated carbocycles. The standard InChI is InChI=1S/C52H72NPS4.C2H6/c1-50-30-25-42(58)38-49(50)52(29-12-8-14-32-54,28-11-4-7-16-34-56)48-36-40(20-24-45(48)50)18-17-39-19-22-43-44-23-21-41(57)37-47(44)51(46(43)35-39,26-9-2-5-13-31-53)27-10-3-6-15-33-55;1-2/h17-25,35-38,55-58H,2-16,26-34,53-54H2,1H3;1-2H3/b18-17+;. The molecule has 0 aliphatic heterocycles. The van der Waals surface area contributed by atoms with Crippen LogP contribution in [0.1, 0.15) is 183 Å². The molecule has 3 aromatic rings. The molecule has 3 aromatic carbocycles. The van der Waals surface area contributed by atoms with Crippen LogP contribution in [0.4, 0.5) is 0 Å². The van der Waals surface area contributed by atoms with E-state index in [4.69, 9.17) is 31.0 Å². The van der Waals surface area contributed by atoms with Gasteiger partial charge < -0.3 is 5.73 Å². The Morgan fingerprint density at radius 3 is 1.67 bits per heavy atom. The lowest BCUT2D eigenvalue weighted by molar-refractivity contribution is 0.370. The molecular weight excluding hydrogens is 822 g/mol. The Kier molecular flexibility index (Phi) is 20.4. The molecule has 2 N–H and O–H groups in total. The summed E-state index contributed by atoms with van der Waals surface area (Å²) in [7, 11) is 2.94. The molecule has 0 saturated heterocycles. The van der Waals surface area contributed by atoms with Gasteiger partial charge in [-0.25, -0.2) is 0 Å². The highest BCUT2D eigenvalue weighted by Gasteiger charge is 2.53. The maximum Gasteiger partial charge on any atom is 0.0215 e. The van der Waals surface area contributed by atoms with Crippen LogP contribution in [-0.2, 0) is 16.2 Å². The molecule has 0 heterocycles. The molecule has 6 rings (SSSR count). The maximum absolute atomic E-state index is 5.91. The number of hydrogen-bond acceptors (Lipinski definition) is 5. The third-order valence-corrected chi connectivity index (χ3v) is 15.6. The van der Waals surface area contributed by atoms with E-state index in [9.17, 15) is 0 Å². The molecule has 0 radical (unpaired) electrons. The van der Waals surface area contributed by atoms with Gasteiger partial charge in [0, 0.05) is 26.0 Å². The van der Waals surface area contributed by atoms with Gasteiger partial charge in [-0.05, 0) is 150 Å². The molecule has 0 bridgehead atoms. The SMILES string of the molecule is CC.CC12CC=C(S)C=C1C(CCCCCP)(CCCCCCS)c1cc(/C=C/c3ccc4c(c3)C(CCCCCCN)(CCCCCCS)c3cc(S)ccc3-4)ccc12. The van der Waals surface area contributed by atoms with Crippen LogP contribution in [-0.4, -0.2) is 24.2 Å². The quantitative estimate of drug-likeness (QED) is 0.0249. The maximum atomic E-state index is 5.91. The second kappa shape index (κ2) is 24.7. The summed E-state index contributed by atoms with van der Waals surface area (Å²) in [4.78, 5) is 2.20. The molecule has 6 heteroatoms. The zero-order chi connectivity index (χ0) is 43.0. The Hall–Kier alpha value is -1.33. The van der Waals surface area contributed by atoms with Crippen molar-refractivity contribution >= 4 is 71.9 Å². The highest BCUT2D eigenvalue weighted by atomic mass is 32.1. The van der Waals surface area contributed by atoms with Crippen molar-refractivity contribution in [2.45, 2.75) is 170 Å². The number of hydrogen-bond donors (Lipinski definition) is 5. The summed E-state index contributed by atoms with van der Waals surface area (Å²) in [6.07, 6.45) is 35.2. The van der Waals surface area contributed by atoms with Crippen molar-refractivity contribution in [3.8, 4) is 11.1 Å². The van der Waals surface area contributed by atoms with Crippen LogP contribution < -0.4 is 5.73 Å². The number of benzene rings is 3. The minimum Gasteiger partial charge on any atom is -0.330 e. The van der Waals surface area contributed by atoms with Crippen molar-refractivity contribution in [3.63, 3.8) is 0 Å². The predicted octanol–water partition coefficient (Wildman–Crippen LogP) is 16.2. The molecule has 0 amide bonds. The monoisotopic (exact) mass is 899 g/mol. The second-order valence-corrected chi connectivity index (χ2v) is 20.4. The average molecular weight is 900 g/mol. The molecule has 328 valence electrons. The molecule has 3 aliphatic carbocycles. The van der Waals surface area contributed by atoms with Gasteiger partial charge >= 0.3 is 0 Å². The summed E-state index contributed by atoms with van der Waals surface area (Å²) in [5, 5.41) is 0. The predicted molar refractivity (Wildman–Crippen MR) is 284 cm³/mol. The lowest BCUT2D eigenvalue weighted by Crippen LogP contribution is -2.32. The van der Waals surface area contributed by atoms with Gasteiger partial charge in [0.05, 0.1) is 0 Å². The Morgan fingerprint density at radius 1 is 0.583 bits per heavy atom. The molecule has 0 fully saturated rings. The zero-order valence-corrected chi connectivity index (χ0v) is 42.2. The number of thiol groups is 4. The van der Waals surface area contributed by atoms with E-state index in [2.05, 4.69) is 120 Å². The molecular formula is C54H78NPS4. The van der Waals surface area contributed by atoms with E-state index in [0.717, 1.165) is 40.7 Å². The van der Waals surface area contributed by atoms with Crippen molar-refractivity contribution in [2.24, 2.45) is 5.73 Å². The van der Waals surface area contributed by atoms with E-state index >= 15 is 0 Å². The summed E-state index contributed by atoms with van der Waals surface area (Å²) in [5.41, 5.74) is 19.2. The lowest BCUT2D eigenvalue weighted by atomic mass is 9.65. The first-order valence-corrected chi connectivity index (χ1v) is 26.8. The first kappa shape index (κ1) is 49.7. The minimum absolute atomic E-state index is 0.00673. The van der Waals surface area contributed by atoms with Crippen LogP contribution in [0.3, 0.4) is 0 Å². The fourth-order valence-electron chi connectivity index (χ4n) is 11.0. The van der Waals surface area contributed by atoms with Crippen LogP contribution in [0.15, 0.2) is 82.1 Å². The third-order valence-electron chi connectivity index (χ3n) is 14.0. The molecule has 4 unspecified atom stereocenters. The summed E-state index contributed by atoms with van der Waals surface area (Å²) >= 11 is 18.9. The molecule has 0 aromatic heterocycles. The first-order chi connectivity index (χ1) is 29.3. The van der Waals surface area contributed by atoms with E-state index < -0.39 is 0 Å². The highest BCUT2D eigenvalue weighted by Crippen LogP contribution is 2.61. The van der Waals surface area contributed by atoms with Gasteiger partial charge in [-0.1, -0.05) is 152 Å². The summed E-state index contributed by atoms with van der Waals surface area (Å²) < 4.78 is 0. The Morgan fingerprint density at radius 2 is 1.08 bits per heavy atom. The van der Waals surface area contributed by atoms with Crippen molar-refractivity contribution in [3.05, 3.63) is 111 Å². The minimum atomic E-state index is 0.00673. The fraction of sp³-hybridized carbons (Fsp3) is 0.556. The van der Waals surface area contributed by atoms with Gasteiger partial charge in [0.2, 0.25) is 0 Å². The van der Waals surface area contributed by atoms with E-state index in [1.54, 1.807) is 16.7 Å². The Balaban J connectivity index is 0.00000336. The van der Waals surface area contributed by atoms with E-state index in [0.29, 0.717) is 0 Å². The van der Waals surface area contributed by atoms with Crippen molar-refractivity contribution in [1.29, 1.82) is 0 Å². The largest absolute Gasteiger partial charge is 0.330 e. The molecule has 0 spiro atoms. The van der Waals surface area contributed by atoms with Crippen molar-refractivity contribution < 1.29 is 0 Å². The number of fused-ring (bicyclic) bond motifs is 6. The van der Waals surface area contributed by atoms with Gasteiger partial charge in [-0.2, -0.15) is 25.3 Å². The lowest BCUT2D eigenvalue weighted by Gasteiger charge is -2.39. The molecule has 4 atom stereocenters. The van der Waals surface area contributed by atoms with Gasteiger partial charge in [-0.3, -0.25) is 0 Å². The van der Waals surface area contributed by atoms with E-state index in [-0.39, 0.29) is 16.2 Å². The van der Waals surface area contributed by atoms with Crippen molar-refractivity contribution in [1.82, 2.24) is 0 Å². The molecule has 1 nitrogen and oxygen atoms in total. The highest BCUT2D eigenvalue weighted by molar-refractivity contribution is 7.84. The first-order valence-electron chi connectivity index (χ1n) is 23.8. The number of rotatable bonds is 25. The van der Waals surface area contributed by atoms with Gasteiger partial charge in [0.1, 0.15) is 0 Å². The topological polar surface area (TPSA) is 26.0 Å². The second-order valence-electron chi connectivity index (χ2n) is 17.9. The number of unbranched alkanes of at least 4 members (excludes halogenated alkanes) is 11. The molecule has 60 heavy (non-hydrogen) atoms. The normalized spacial score (nSPS) is 21.2. The summed E-state index contributed by atoms with van der Waals surface area (Å²) in [6, 6.07) is 21.7. The van der Waals surface area contributed by atoms with Crippen LogP contribution in [0.25, 0.3) is 23.3 Å². The van der Waals surface area contributed by atoms with Crippen LogP contribution in [0.2, 0.25) is 0 Å². The Labute approximate surface area is 391 Å². The zero-order valence-electron chi connectivity index (χ0n) is 37.4.